The number of nitrogens with zero attached hydrogens (tertiary/aromatic N) is 3. The van der Waals surface area contributed by atoms with Gasteiger partial charge in [-0.25, -0.2) is 4.68 Å². The second kappa shape index (κ2) is 11.6. The van der Waals surface area contributed by atoms with Crippen LogP contribution in [0.2, 0.25) is 0 Å². The predicted molar refractivity (Wildman–Crippen MR) is 159 cm³/mol. The number of thioether (sulfide) groups is 1. The van der Waals surface area contributed by atoms with E-state index < -0.39 is 0 Å². The van der Waals surface area contributed by atoms with Crippen molar-refractivity contribution in [2.75, 3.05) is 13.2 Å². The van der Waals surface area contributed by atoms with Crippen molar-refractivity contribution in [3.05, 3.63) is 107 Å². The van der Waals surface area contributed by atoms with Crippen molar-refractivity contribution < 1.29 is 14.3 Å². The smallest absolute Gasteiger partial charge is 0.266 e. The molecule has 2 aliphatic heterocycles. The van der Waals surface area contributed by atoms with Crippen molar-refractivity contribution in [3.8, 4) is 22.7 Å². The van der Waals surface area contributed by atoms with Gasteiger partial charge in [-0.2, -0.15) is 5.10 Å². The summed E-state index contributed by atoms with van der Waals surface area (Å²) in [5, 5.41) is 4.93. The Kier molecular flexibility index (Phi) is 7.58. The van der Waals surface area contributed by atoms with Crippen molar-refractivity contribution in [1.29, 1.82) is 0 Å². The number of amides is 1. The zero-order valence-corrected chi connectivity index (χ0v) is 22.9. The van der Waals surface area contributed by atoms with Crippen LogP contribution in [0.4, 0.5) is 0 Å². The van der Waals surface area contributed by atoms with Crippen LogP contribution in [0, 0.1) is 0 Å². The van der Waals surface area contributed by atoms with Crippen molar-refractivity contribution in [2.45, 2.75) is 25.6 Å². The predicted octanol–water partition coefficient (Wildman–Crippen LogP) is 6.50. The first-order valence-corrected chi connectivity index (χ1v) is 14.2. The van der Waals surface area contributed by atoms with Gasteiger partial charge in [0.2, 0.25) is 0 Å². The van der Waals surface area contributed by atoms with Gasteiger partial charge in [0.15, 0.2) is 0 Å². The van der Waals surface area contributed by atoms with Crippen LogP contribution in [0.5, 0.6) is 5.75 Å². The molecule has 0 aliphatic carbocycles. The molecule has 2 fully saturated rings. The van der Waals surface area contributed by atoms with Gasteiger partial charge >= 0.3 is 0 Å². The Labute approximate surface area is 237 Å². The van der Waals surface area contributed by atoms with E-state index in [0.29, 0.717) is 22.4 Å². The molecule has 0 N–H and O–H groups in total. The van der Waals surface area contributed by atoms with Gasteiger partial charge in [-0.3, -0.25) is 9.69 Å². The molecule has 0 unspecified atom stereocenters. The summed E-state index contributed by atoms with van der Waals surface area (Å²) in [6, 6.07) is 27.9. The minimum atomic E-state index is -0.0844. The summed E-state index contributed by atoms with van der Waals surface area (Å²) in [6.45, 7) is 1.72. The van der Waals surface area contributed by atoms with Crippen LogP contribution < -0.4 is 4.74 Å². The molecule has 6 nitrogen and oxygen atoms in total. The number of para-hydroxylation sites is 1. The first kappa shape index (κ1) is 25.6. The van der Waals surface area contributed by atoms with Crippen LogP contribution in [0.1, 0.15) is 24.0 Å². The molecule has 0 spiro atoms. The Morgan fingerprint density at radius 3 is 2.62 bits per heavy atom. The lowest BCUT2D eigenvalue weighted by atomic mass is 10.1. The molecule has 0 bridgehead atoms. The Balaban J connectivity index is 1.32. The van der Waals surface area contributed by atoms with E-state index in [9.17, 15) is 4.79 Å². The van der Waals surface area contributed by atoms with E-state index in [-0.39, 0.29) is 12.0 Å². The fourth-order valence-corrected chi connectivity index (χ4v) is 5.96. The highest BCUT2D eigenvalue weighted by Crippen LogP contribution is 2.36. The molecule has 39 heavy (non-hydrogen) atoms. The minimum absolute atomic E-state index is 0.0434. The average Bonchev–Trinajstić information content (AvgIpc) is 3.71. The van der Waals surface area contributed by atoms with Crippen LogP contribution in [0.15, 0.2) is 96.0 Å². The van der Waals surface area contributed by atoms with Gasteiger partial charge in [0.25, 0.3) is 5.91 Å². The van der Waals surface area contributed by atoms with E-state index in [0.717, 1.165) is 53.3 Å². The topological polar surface area (TPSA) is 56.6 Å². The van der Waals surface area contributed by atoms with E-state index in [2.05, 4.69) is 0 Å². The second-order valence-corrected chi connectivity index (χ2v) is 11.1. The number of carbonyl (C=O) groups is 1. The molecule has 3 heterocycles. The molecule has 3 aromatic carbocycles. The van der Waals surface area contributed by atoms with Crippen LogP contribution in [0.25, 0.3) is 23.0 Å². The van der Waals surface area contributed by atoms with Crippen molar-refractivity contribution in [1.82, 2.24) is 14.7 Å². The maximum Gasteiger partial charge on any atom is 0.266 e. The van der Waals surface area contributed by atoms with Gasteiger partial charge in [0.1, 0.15) is 22.4 Å². The number of rotatable bonds is 8. The molecule has 6 rings (SSSR count). The molecular formula is C31H27N3O3S2. The fourth-order valence-electron chi connectivity index (χ4n) is 4.69. The van der Waals surface area contributed by atoms with Crippen LogP contribution in [-0.4, -0.2) is 44.2 Å². The number of ether oxygens (including phenoxy) is 2. The van der Waals surface area contributed by atoms with E-state index in [1.54, 1.807) is 4.90 Å². The Morgan fingerprint density at radius 2 is 1.85 bits per heavy atom. The number of aromatic nitrogens is 2. The van der Waals surface area contributed by atoms with Crippen molar-refractivity contribution in [3.63, 3.8) is 0 Å². The zero-order chi connectivity index (χ0) is 26.6. The van der Waals surface area contributed by atoms with Crippen LogP contribution in [0.3, 0.4) is 0 Å². The molecule has 2 saturated heterocycles. The van der Waals surface area contributed by atoms with Gasteiger partial charge < -0.3 is 9.47 Å². The summed E-state index contributed by atoms with van der Waals surface area (Å²) in [6.07, 6.45) is 5.86. The SMILES string of the molecule is O=C1/C(=C/c2cn(-c3ccccc3)nc2-c2cccc(OCc3ccccc3)c2)SC(=S)N1C[C@H]1CCCO1. The monoisotopic (exact) mass is 553 g/mol. The third-order valence-corrected chi connectivity index (χ3v) is 8.07. The molecule has 4 aromatic rings. The Bertz CT molecular complexity index is 1510. The lowest BCUT2D eigenvalue weighted by molar-refractivity contribution is -0.123. The third kappa shape index (κ3) is 5.83. The molecule has 0 saturated carbocycles. The lowest BCUT2D eigenvalue weighted by Gasteiger charge is -2.18. The van der Waals surface area contributed by atoms with Crippen molar-refractivity contribution in [2.24, 2.45) is 0 Å². The standard InChI is InChI=1S/C31H27N3O3S2/c35-30-28(39-31(38)33(30)20-27-15-8-16-36-27)18-24-19-34(25-12-5-2-6-13-25)32-29(24)23-11-7-14-26(17-23)37-21-22-9-3-1-4-10-22/h1-7,9-14,17-19,27H,8,15-16,20-21H2/b28-18-/t27-/m1/s1. The highest BCUT2D eigenvalue weighted by atomic mass is 32.2. The van der Waals surface area contributed by atoms with Crippen LogP contribution in [-0.2, 0) is 16.1 Å². The lowest BCUT2D eigenvalue weighted by Crippen LogP contribution is -2.35. The highest BCUT2D eigenvalue weighted by Gasteiger charge is 2.35. The molecule has 8 heteroatoms. The average molecular weight is 554 g/mol. The van der Waals surface area contributed by atoms with E-state index in [4.69, 9.17) is 26.8 Å². The molecule has 2 aliphatic rings. The number of benzene rings is 3. The van der Waals surface area contributed by atoms with Crippen molar-refractivity contribution >= 4 is 40.3 Å². The van der Waals surface area contributed by atoms with Crippen LogP contribution >= 0.6 is 24.0 Å². The first-order chi connectivity index (χ1) is 19.1. The van der Waals surface area contributed by atoms with Gasteiger partial charge in [-0.1, -0.05) is 84.6 Å². The quantitative estimate of drug-likeness (QED) is 0.183. The van der Waals surface area contributed by atoms with Gasteiger partial charge in [-0.05, 0) is 48.7 Å². The molecule has 1 aromatic heterocycles. The Morgan fingerprint density at radius 1 is 1.05 bits per heavy atom. The van der Waals surface area contributed by atoms with Gasteiger partial charge in [0, 0.05) is 23.9 Å². The third-order valence-electron chi connectivity index (χ3n) is 6.69. The van der Waals surface area contributed by atoms with Gasteiger partial charge in [0.05, 0.1) is 23.2 Å². The minimum Gasteiger partial charge on any atom is -0.489 e. The summed E-state index contributed by atoms with van der Waals surface area (Å²) >= 11 is 6.90. The summed E-state index contributed by atoms with van der Waals surface area (Å²) in [5.41, 5.74) is 4.52. The number of carbonyl (C=O) groups excluding carboxylic acids is 1. The number of hydrogen-bond acceptors (Lipinski definition) is 6. The normalized spacial score (nSPS) is 18.3. The van der Waals surface area contributed by atoms with E-state index >= 15 is 0 Å². The molecule has 196 valence electrons. The molecule has 0 radical (unpaired) electrons. The first-order valence-electron chi connectivity index (χ1n) is 12.9. The maximum atomic E-state index is 13.4. The summed E-state index contributed by atoms with van der Waals surface area (Å²) in [5.74, 6) is 0.665. The van der Waals surface area contributed by atoms with E-state index in [1.807, 2.05) is 102 Å². The number of thiocarbonyl (C=S) groups is 1. The molecule has 1 atom stereocenters. The molecule has 1 amide bonds. The fraction of sp³-hybridized carbons (Fsp3) is 0.194. The second-order valence-electron chi connectivity index (χ2n) is 9.44. The zero-order valence-electron chi connectivity index (χ0n) is 21.2. The van der Waals surface area contributed by atoms with Gasteiger partial charge in [-0.15, -0.1) is 0 Å². The summed E-state index contributed by atoms with van der Waals surface area (Å²) in [4.78, 5) is 15.6. The Hall–Kier alpha value is -3.72. The van der Waals surface area contributed by atoms with E-state index in [1.165, 1.54) is 11.8 Å². The maximum absolute atomic E-state index is 13.4. The summed E-state index contributed by atoms with van der Waals surface area (Å²) < 4.78 is 14.2. The summed E-state index contributed by atoms with van der Waals surface area (Å²) in [7, 11) is 0. The largest absolute Gasteiger partial charge is 0.489 e. The number of hydrogen-bond donors (Lipinski definition) is 0. The highest BCUT2D eigenvalue weighted by molar-refractivity contribution is 8.26. The molecular weight excluding hydrogens is 526 g/mol.